The van der Waals surface area contributed by atoms with Gasteiger partial charge < -0.3 is 91.0 Å². The second-order valence-corrected chi connectivity index (χ2v) is 16.2. The molecule has 4 aliphatic rings. The van der Waals surface area contributed by atoms with Gasteiger partial charge in [0.2, 0.25) is 0 Å². The molecule has 62 heavy (non-hydrogen) atoms. The van der Waals surface area contributed by atoms with Gasteiger partial charge in [-0.2, -0.15) is 0 Å². The summed E-state index contributed by atoms with van der Waals surface area (Å²) in [6.45, 7) is 15.7. The number of rotatable bonds is 27. The lowest BCUT2D eigenvalue weighted by Crippen LogP contribution is -2.65. The summed E-state index contributed by atoms with van der Waals surface area (Å²) < 4.78 is 111. The minimum atomic E-state index is -0.843. The Morgan fingerprint density at radius 2 is 0.758 bits per heavy atom. The Bertz CT molecular complexity index is 1200. The van der Waals surface area contributed by atoms with Crippen molar-refractivity contribution in [3.8, 4) is 0 Å². The molecule has 0 aliphatic carbocycles. The molecule has 0 spiro atoms. The van der Waals surface area contributed by atoms with Crippen LogP contribution in [0.2, 0.25) is 0 Å². The van der Waals surface area contributed by atoms with Crippen LogP contribution in [0, 0.1) is 11.8 Å². The van der Waals surface area contributed by atoms with Gasteiger partial charge in [-0.25, -0.2) is 0 Å². The molecule has 0 unspecified atom stereocenters. The van der Waals surface area contributed by atoms with E-state index in [-0.39, 0.29) is 36.3 Å². The first-order valence-electron chi connectivity index (χ1n) is 22.3. The average molecular weight is 900 g/mol. The van der Waals surface area contributed by atoms with E-state index in [4.69, 9.17) is 91.0 Å². The molecule has 0 aromatic heterocycles. The third kappa shape index (κ3) is 13.4. The lowest BCUT2D eigenvalue weighted by molar-refractivity contribution is -0.380. The van der Waals surface area contributed by atoms with Crippen molar-refractivity contribution in [2.24, 2.45) is 17.6 Å². The van der Waals surface area contributed by atoms with Crippen molar-refractivity contribution >= 4 is 0 Å². The molecular weight excluding hydrogens is 818 g/mol. The van der Waals surface area contributed by atoms with Gasteiger partial charge in [0.05, 0.1) is 76.8 Å². The van der Waals surface area contributed by atoms with Crippen LogP contribution < -0.4 is 5.73 Å². The summed E-state index contributed by atoms with van der Waals surface area (Å²) in [5.74, 6) is -0.101. The third-order valence-electron chi connectivity index (χ3n) is 12.6. The van der Waals surface area contributed by atoms with Crippen LogP contribution in [0.5, 0.6) is 0 Å². The van der Waals surface area contributed by atoms with Gasteiger partial charge in [0.1, 0.15) is 54.9 Å². The Morgan fingerprint density at radius 3 is 1.24 bits per heavy atom. The Morgan fingerprint density at radius 1 is 0.371 bits per heavy atom. The van der Waals surface area contributed by atoms with Crippen LogP contribution in [0.4, 0.5) is 0 Å². The summed E-state index contributed by atoms with van der Waals surface area (Å²) in [6.07, 6.45) is -8.37. The second kappa shape index (κ2) is 27.8. The first kappa shape index (κ1) is 53.9. The predicted molar refractivity (Wildman–Crippen MR) is 223 cm³/mol. The minimum absolute atomic E-state index is 0.0150. The normalized spacial score (nSPS) is 41.7. The zero-order chi connectivity index (χ0) is 45.3. The summed E-state index contributed by atoms with van der Waals surface area (Å²) in [7, 11) is 11.3. The highest BCUT2D eigenvalue weighted by molar-refractivity contribution is 4.98. The number of hydrogen-bond acceptors (Lipinski definition) is 19. The fourth-order valence-electron chi connectivity index (χ4n) is 8.98. The molecule has 0 bridgehead atoms. The molecule has 366 valence electrons. The smallest absolute Gasteiger partial charge is 0.187 e. The van der Waals surface area contributed by atoms with E-state index in [0.717, 1.165) is 0 Å². The number of hydrogen-bond donors (Lipinski definition) is 1. The fourth-order valence-corrected chi connectivity index (χ4v) is 8.98. The Labute approximate surface area is 369 Å². The van der Waals surface area contributed by atoms with Crippen molar-refractivity contribution in [3.63, 3.8) is 0 Å². The van der Waals surface area contributed by atoms with Crippen molar-refractivity contribution in [2.45, 2.75) is 165 Å². The Kier molecular flexibility index (Phi) is 24.1. The molecule has 2 N–H and O–H groups in total. The van der Waals surface area contributed by atoms with Crippen LogP contribution in [0.15, 0.2) is 0 Å². The van der Waals surface area contributed by atoms with Gasteiger partial charge in [0.15, 0.2) is 25.2 Å². The lowest BCUT2D eigenvalue weighted by Gasteiger charge is -2.51. The zero-order valence-corrected chi connectivity index (χ0v) is 39.5. The monoisotopic (exact) mass is 900 g/mol. The highest BCUT2D eigenvalue weighted by Crippen LogP contribution is 2.40. The van der Waals surface area contributed by atoms with Crippen molar-refractivity contribution in [3.05, 3.63) is 0 Å². The van der Waals surface area contributed by atoms with Gasteiger partial charge >= 0.3 is 0 Å². The third-order valence-corrected chi connectivity index (χ3v) is 12.6. The summed E-state index contributed by atoms with van der Waals surface area (Å²) in [5.41, 5.74) is 5.43. The molecule has 0 aromatic rings. The number of methoxy groups -OCH3 is 7. The van der Waals surface area contributed by atoms with E-state index in [2.05, 4.69) is 20.8 Å². The van der Waals surface area contributed by atoms with Crippen molar-refractivity contribution in [2.75, 3.05) is 103 Å². The SMILES string of the molecule is CC[C@H]1O[C@H](O[C@H]2[C@H](OC)[C@@H](OC)[C@H](OC)O[C@H]2C)[C@H](C)[C@@H](C)[C@@H]1O[C@@H]1O[C@H](C)[C@@H](O[C@H]2O[C@H](CC)[C@@H](OCCOCCOCCOCCN)[C@H](OC)[C@H]2OC)[C@H](OC)[C@H]1OC. The molecular formula is C43H81NO18. The van der Waals surface area contributed by atoms with Gasteiger partial charge in [-0.15, -0.1) is 0 Å². The Hall–Kier alpha value is -0.760. The standard InChI is InChI=1S/C43H81NO18/c1-14-28-30(24(3)25(4)40(58-28)61-31-26(5)56-41(51-13)37(48-10)34(31)45-7)60-42-38(49-11)35(46-8)32(27(6)57-42)62-43-39(50-12)36(47-9)33(29(15-2)59-43)55-23-22-54-21-20-53-19-18-52-17-16-44/h24-43H,14-23,44H2,1-13H3/t24-,25-,26+,27-,28-,29-,30+,31-,32-,33-,34+,35+,36+,37-,38-,39-,40-,41-,42+,43-/m1/s1. The molecule has 4 rings (SSSR count). The molecule has 0 saturated carbocycles. The quantitative estimate of drug-likeness (QED) is 0.118. The van der Waals surface area contributed by atoms with E-state index >= 15 is 0 Å². The van der Waals surface area contributed by atoms with Crippen LogP contribution in [-0.2, 0) is 85.3 Å². The average Bonchev–Trinajstić information content (AvgIpc) is 3.28. The molecule has 0 radical (unpaired) electrons. The molecule has 0 aromatic carbocycles. The highest BCUT2D eigenvalue weighted by Gasteiger charge is 2.55. The first-order valence-corrected chi connectivity index (χ1v) is 22.3. The number of nitrogens with two attached hydrogens (primary N) is 1. The summed E-state index contributed by atoms with van der Waals surface area (Å²) in [5, 5.41) is 0. The van der Waals surface area contributed by atoms with Gasteiger partial charge in [-0.1, -0.05) is 27.7 Å². The van der Waals surface area contributed by atoms with E-state index in [1.54, 1.807) is 49.8 Å². The maximum atomic E-state index is 6.88. The van der Waals surface area contributed by atoms with Gasteiger partial charge in [0, 0.05) is 62.2 Å². The van der Waals surface area contributed by atoms with Crippen LogP contribution in [0.3, 0.4) is 0 Å². The zero-order valence-electron chi connectivity index (χ0n) is 39.5. The predicted octanol–water partition coefficient (Wildman–Crippen LogP) is 2.30. The summed E-state index contributed by atoms with van der Waals surface area (Å²) in [6, 6.07) is 0. The van der Waals surface area contributed by atoms with E-state index < -0.39 is 86.2 Å². The van der Waals surface area contributed by atoms with Gasteiger partial charge in [0.25, 0.3) is 0 Å². The van der Waals surface area contributed by atoms with E-state index in [9.17, 15) is 0 Å². The fraction of sp³-hybridized carbons (Fsp3) is 1.00. The maximum Gasteiger partial charge on any atom is 0.187 e. The number of ether oxygens (including phenoxy) is 18. The van der Waals surface area contributed by atoms with Crippen LogP contribution in [-0.4, -0.2) is 213 Å². The van der Waals surface area contributed by atoms with Gasteiger partial charge in [-0.05, 0) is 32.6 Å². The molecule has 4 heterocycles. The van der Waals surface area contributed by atoms with Crippen molar-refractivity contribution in [1.82, 2.24) is 0 Å². The van der Waals surface area contributed by atoms with Crippen LogP contribution >= 0.6 is 0 Å². The van der Waals surface area contributed by atoms with Crippen LogP contribution in [0.25, 0.3) is 0 Å². The molecule has 4 aliphatic heterocycles. The van der Waals surface area contributed by atoms with Crippen molar-refractivity contribution < 1.29 is 85.3 Å². The summed E-state index contributed by atoms with van der Waals surface area (Å²) >= 11 is 0. The molecule has 4 saturated heterocycles. The van der Waals surface area contributed by atoms with Gasteiger partial charge in [-0.3, -0.25) is 0 Å². The lowest BCUT2D eigenvalue weighted by atomic mass is 9.83. The Balaban J connectivity index is 1.38. The first-order chi connectivity index (χ1) is 30.0. The topological polar surface area (TPSA) is 192 Å². The second-order valence-electron chi connectivity index (χ2n) is 16.2. The molecule has 19 nitrogen and oxygen atoms in total. The molecule has 4 fully saturated rings. The molecule has 0 amide bonds. The highest BCUT2D eigenvalue weighted by atomic mass is 16.8. The van der Waals surface area contributed by atoms with E-state index in [1.807, 2.05) is 20.8 Å². The maximum absolute atomic E-state index is 6.88. The minimum Gasteiger partial charge on any atom is -0.378 e. The summed E-state index contributed by atoms with van der Waals surface area (Å²) in [4.78, 5) is 0. The largest absolute Gasteiger partial charge is 0.378 e. The van der Waals surface area contributed by atoms with Crippen LogP contribution in [0.1, 0.15) is 54.4 Å². The van der Waals surface area contributed by atoms with E-state index in [0.29, 0.717) is 65.6 Å². The van der Waals surface area contributed by atoms with Crippen molar-refractivity contribution in [1.29, 1.82) is 0 Å². The van der Waals surface area contributed by atoms with E-state index in [1.165, 1.54) is 0 Å². The molecule has 19 heteroatoms. The molecule has 20 atom stereocenters.